The van der Waals surface area contributed by atoms with E-state index in [4.69, 9.17) is 0 Å². The Bertz CT molecular complexity index is 418. The largest absolute Gasteiger partial charge is 0.345 e. The second-order valence-electron chi connectivity index (χ2n) is 2.20. The summed E-state index contributed by atoms with van der Waals surface area (Å²) in [7, 11) is 0. The molecular formula is C7H5N3O2. The van der Waals surface area contributed by atoms with Crippen LogP contribution >= 0.6 is 0 Å². The van der Waals surface area contributed by atoms with Crippen molar-refractivity contribution in [1.29, 1.82) is 0 Å². The zero-order chi connectivity index (χ0) is 8.39. The Morgan fingerprint density at radius 3 is 3.08 bits per heavy atom. The van der Waals surface area contributed by atoms with Gasteiger partial charge in [-0.2, -0.15) is 0 Å². The molecule has 0 radical (unpaired) electrons. The van der Waals surface area contributed by atoms with Crippen LogP contribution in [0.25, 0.3) is 11.3 Å². The molecule has 5 heteroatoms. The molecule has 0 fully saturated rings. The Morgan fingerprint density at radius 2 is 2.42 bits per heavy atom. The van der Waals surface area contributed by atoms with Crippen LogP contribution in [0.3, 0.4) is 0 Å². The Morgan fingerprint density at radius 1 is 1.50 bits per heavy atom. The third-order valence-electron chi connectivity index (χ3n) is 1.45. The van der Waals surface area contributed by atoms with E-state index in [1.807, 2.05) is 0 Å². The minimum absolute atomic E-state index is 0.201. The molecule has 0 aliphatic heterocycles. The van der Waals surface area contributed by atoms with Crippen LogP contribution in [0.1, 0.15) is 0 Å². The lowest BCUT2D eigenvalue weighted by molar-refractivity contribution is 0.393. The van der Waals surface area contributed by atoms with Crippen LogP contribution < -0.4 is 5.56 Å². The van der Waals surface area contributed by atoms with Crippen LogP contribution in [0, 0.1) is 0 Å². The van der Waals surface area contributed by atoms with Gasteiger partial charge in [-0.15, -0.1) is 5.10 Å². The molecule has 2 rings (SSSR count). The number of hydrogen-bond acceptors (Lipinski definition) is 4. The second kappa shape index (κ2) is 2.61. The summed E-state index contributed by atoms with van der Waals surface area (Å²) in [6.45, 7) is 0. The summed E-state index contributed by atoms with van der Waals surface area (Å²) in [6, 6.07) is 3.36. The van der Waals surface area contributed by atoms with Crippen molar-refractivity contribution in [1.82, 2.24) is 15.4 Å². The lowest BCUT2D eigenvalue weighted by atomic mass is 10.2. The summed E-state index contributed by atoms with van der Waals surface area (Å²) in [5.74, 6) is 0. The average Bonchev–Trinajstić information content (AvgIpc) is 2.57. The SMILES string of the molecule is O=c1[nH]cccc1-c1conn1. The van der Waals surface area contributed by atoms with Gasteiger partial charge in [-0.25, -0.2) is 0 Å². The Balaban J connectivity index is 2.63. The fourth-order valence-electron chi connectivity index (χ4n) is 0.905. The van der Waals surface area contributed by atoms with E-state index in [0.717, 1.165) is 0 Å². The Hall–Kier alpha value is -1.91. The van der Waals surface area contributed by atoms with Crippen molar-refractivity contribution in [2.45, 2.75) is 0 Å². The summed E-state index contributed by atoms with van der Waals surface area (Å²) >= 11 is 0. The van der Waals surface area contributed by atoms with Gasteiger partial charge in [0.25, 0.3) is 5.56 Å². The molecule has 0 saturated carbocycles. The molecule has 0 spiro atoms. The van der Waals surface area contributed by atoms with Crippen molar-refractivity contribution < 1.29 is 4.52 Å². The zero-order valence-corrected chi connectivity index (χ0v) is 6.02. The van der Waals surface area contributed by atoms with Gasteiger partial charge < -0.3 is 9.51 Å². The summed E-state index contributed by atoms with van der Waals surface area (Å²) in [5.41, 5.74) is 0.698. The van der Waals surface area contributed by atoms with Crippen LogP contribution in [0.4, 0.5) is 0 Å². The summed E-state index contributed by atoms with van der Waals surface area (Å²) in [4.78, 5) is 13.7. The highest BCUT2D eigenvalue weighted by Gasteiger charge is 2.04. The molecule has 0 unspecified atom stereocenters. The van der Waals surface area contributed by atoms with Gasteiger partial charge in [0.2, 0.25) is 0 Å². The highest BCUT2D eigenvalue weighted by molar-refractivity contribution is 5.54. The van der Waals surface area contributed by atoms with E-state index >= 15 is 0 Å². The maximum Gasteiger partial charge on any atom is 0.257 e. The second-order valence-corrected chi connectivity index (χ2v) is 2.20. The zero-order valence-electron chi connectivity index (χ0n) is 6.02. The van der Waals surface area contributed by atoms with Gasteiger partial charge in [-0.3, -0.25) is 4.79 Å². The predicted octanol–water partition coefficient (Wildman–Crippen LogP) is 0.425. The molecule has 0 amide bonds. The summed E-state index contributed by atoms with van der Waals surface area (Å²) < 4.78 is 4.51. The van der Waals surface area contributed by atoms with E-state index in [-0.39, 0.29) is 5.56 Å². The lowest BCUT2D eigenvalue weighted by Crippen LogP contribution is -2.06. The Labute approximate surface area is 67.0 Å². The van der Waals surface area contributed by atoms with Gasteiger partial charge in [0, 0.05) is 11.5 Å². The standard InChI is InChI=1S/C7H5N3O2/c11-7-5(2-1-3-8-7)6-4-12-10-9-6/h1-4H,(H,8,11). The number of nitrogens with zero attached hydrogens (tertiary/aromatic N) is 2. The van der Waals surface area contributed by atoms with E-state index in [9.17, 15) is 4.79 Å². The van der Waals surface area contributed by atoms with Gasteiger partial charge >= 0.3 is 0 Å². The molecule has 0 aliphatic carbocycles. The monoisotopic (exact) mass is 163 g/mol. The quantitative estimate of drug-likeness (QED) is 0.661. The molecule has 1 N–H and O–H groups in total. The first-order chi connectivity index (χ1) is 5.88. The van der Waals surface area contributed by atoms with Crippen molar-refractivity contribution in [2.75, 3.05) is 0 Å². The van der Waals surface area contributed by atoms with Crippen LogP contribution in [0.15, 0.2) is 33.9 Å². The maximum atomic E-state index is 11.2. The lowest BCUT2D eigenvalue weighted by Gasteiger charge is -1.89. The molecule has 0 saturated heterocycles. The number of aromatic nitrogens is 3. The number of aromatic amines is 1. The van der Waals surface area contributed by atoms with Crippen LogP contribution in [-0.2, 0) is 0 Å². The van der Waals surface area contributed by atoms with Crippen LogP contribution in [0.2, 0.25) is 0 Å². The van der Waals surface area contributed by atoms with Crippen molar-refractivity contribution in [3.63, 3.8) is 0 Å². The highest BCUT2D eigenvalue weighted by Crippen LogP contribution is 2.08. The minimum atomic E-state index is -0.201. The van der Waals surface area contributed by atoms with Crippen LogP contribution in [-0.4, -0.2) is 15.4 Å². The molecule has 5 nitrogen and oxygen atoms in total. The smallest absolute Gasteiger partial charge is 0.257 e. The van der Waals surface area contributed by atoms with Crippen molar-refractivity contribution in [3.05, 3.63) is 34.9 Å². The van der Waals surface area contributed by atoms with Crippen molar-refractivity contribution >= 4 is 0 Å². The van der Waals surface area contributed by atoms with E-state index in [1.165, 1.54) is 6.26 Å². The maximum absolute atomic E-state index is 11.2. The number of nitrogens with one attached hydrogen (secondary N) is 1. The molecule has 2 aromatic heterocycles. The molecule has 2 aromatic rings. The minimum Gasteiger partial charge on any atom is -0.345 e. The molecule has 0 aliphatic rings. The third-order valence-corrected chi connectivity index (χ3v) is 1.45. The fraction of sp³-hybridized carbons (Fsp3) is 0. The number of H-pyrrole nitrogens is 1. The van der Waals surface area contributed by atoms with Gasteiger partial charge in [0.05, 0.1) is 5.56 Å². The first-order valence-electron chi connectivity index (χ1n) is 3.33. The molecule has 12 heavy (non-hydrogen) atoms. The number of rotatable bonds is 1. The first kappa shape index (κ1) is 6.78. The predicted molar refractivity (Wildman–Crippen MR) is 40.4 cm³/mol. The molecule has 2 heterocycles. The number of hydrogen-bond donors (Lipinski definition) is 1. The third kappa shape index (κ3) is 1.01. The van der Waals surface area contributed by atoms with E-state index in [2.05, 4.69) is 19.9 Å². The molecule has 0 bridgehead atoms. The normalized spacial score (nSPS) is 10.0. The van der Waals surface area contributed by atoms with E-state index in [1.54, 1.807) is 18.3 Å². The van der Waals surface area contributed by atoms with E-state index < -0.39 is 0 Å². The molecule has 60 valence electrons. The number of pyridine rings is 1. The highest BCUT2D eigenvalue weighted by atomic mass is 16.5. The molecule has 0 atom stereocenters. The molecular weight excluding hydrogens is 158 g/mol. The van der Waals surface area contributed by atoms with Gasteiger partial charge in [0.15, 0.2) is 6.26 Å². The van der Waals surface area contributed by atoms with Crippen molar-refractivity contribution in [3.8, 4) is 11.3 Å². The first-order valence-corrected chi connectivity index (χ1v) is 3.33. The van der Waals surface area contributed by atoms with E-state index in [0.29, 0.717) is 11.3 Å². The molecule has 0 aromatic carbocycles. The fourth-order valence-corrected chi connectivity index (χ4v) is 0.905. The average molecular weight is 163 g/mol. The topological polar surface area (TPSA) is 71.8 Å². The Kier molecular flexibility index (Phi) is 1.48. The van der Waals surface area contributed by atoms with Crippen LogP contribution in [0.5, 0.6) is 0 Å². The van der Waals surface area contributed by atoms with Gasteiger partial charge in [-0.1, -0.05) is 0 Å². The van der Waals surface area contributed by atoms with Gasteiger partial charge in [0.1, 0.15) is 5.69 Å². The van der Waals surface area contributed by atoms with Gasteiger partial charge in [-0.05, 0) is 12.1 Å². The van der Waals surface area contributed by atoms with Crippen molar-refractivity contribution in [2.24, 2.45) is 0 Å². The summed E-state index contributed by atoms with van der Waals surface area (Å²) in [5, 5.41) is 6.87. The summed E-state index contributed by atoms with van der Waals surface area (Å²) in [6.07, 6.45) is 2.88.